The maximum atomic E-state index is 13.0. The van der Waals surface area contributed by atoms with Crippen LogP contribution < -0.4 is 20.1 Å². The van der Waals surface area contributed by atoms with E-state index in [2.05, 4.69) is 20.6 Å². The highest BCUT2D eigenvalue weighted by Gasteiger charge is 2.18. The number of hydrogen-bond donors (Lipinski definition) is 2. The molecule has 8 nitrogen and oxygen atoms in total. The standard InChI is InChI=1S/C26H24N4O4S/c1-4-34-20-10-7-17(8-11-20)26-28-16(2)23(35-26)25(32)29-19-9-12-21(22(14-19)33-3)30-24(31)18-6-5-13-27-15-18/h5-15H,4H2,1-3H3,(H,29,32)(H,30,31). The van der Waals surface area contributed by atoms with Crippen molar-refractivity contribution in [1.29, 1.82) is 0 Å². The lowest BCUT2D eigenvalue weighted by atomic mass is 10.2. The number of rotatable bonds is 8. The number of hydrogen-bond acceptors (Lipinski definition) is 7. The number of aromatic nitrogens is 2. The average molecular weight is 489 g/mol. The molecule has 4 rings (SSSR count). The molecule has 2 heterocycles. The van der Waals surface area contributed by atoms with Gasteiger partial charge in [-0.1, -0.05) is 0 Å². The van der Waals surface area contributed by atoms with E-state index in [1.165, 1.54) is 24.6 Å². The minimum absolute atomic E-state index is 0.272. The number of ether oxygens (including phenoxy) is 2. The first kappa shape index (κ1) is 23.9. The van der Waals surface area contributed by atoms with Crippen LogP contribution in [0.15, 0.2) is 67.0 Å². The van der Waals surface area contributed by atoms with Gasteiger partial charge in [-0.3, -0.25) is 14.6 Å². The number of methoxy groups -OCH3 is 1. The van der Waals surface area contributed by atoms with Crippen molar-refractivity contribution in [1.82, 2.24) is 9.97 Å². The van der Waals surface area contributed by atoms with E-state index < -0.39 is 0 Å². The van der Waals surface area contributed by atoms with Gasteiger partial charge in [-0.2, -0.15) is 0 Å². The van der Waals surface area contributed by atoms with Crippen molar-refractivity contribution >= 4 is 34.5 Å². The Labute approximate surface area is 207 Å². The zero-order chi connectivity index (χ0) is 24.8. The molecule has 9 heteroatoms. The largest absolute Gasteiger partial charge is 0.494 e. The molecule has 0 radical (unpaired) electrons. The van der Waals surface area contributed by atoms with Gasteiger partial charge < -0.3 is 20.1 Å². The number of amides is 2. The number of nitrogens with zero attached hydrogens (tertiary/aromatic N) is 2. The summed E-state index contributed by atoms with van der Waals surface area (Å²) in [7, 11) is 1.50. The fraction of sp³-hybridized carbons (Fsp3) is 0.154. The highest BCUT2D eigenvalue weighted by Crippen LogP contribution is 2.32. The van der Waals surface area contributed by atoms with E-state index >= 15 is 0 Å². The maximum Gasteiger partial charge on any atom is 0.267 e. The predicted octanol–water partition coefficient (Wildman–Crippen LogP) is 5.43. The van der Waals surface area contributed by atoms with Crippen LogP contribution in [0.4, 0.5) is 11.4 Å². The van der Waals surface area contributed by atoms with Gasteiger partial charge in [0.15, 0.2) is 0 Å². The number of benzene rings is 2. The third kappa shape index (κ3) is 5.64. The van der Waals surface area contributed by atoms with Crippen molar-refractivity contribution in [3.8, 4) is 22.1 Å². The first-order valence-electron chi connectivity index (χ1n) is 10.9. The van der Waals surface area contributed by atoms with Crippen LogP contribution in [-0.4, -0.2) is 35.5 Å². The molecule has 0 aliphatic carbocycles. The van der Waals surface area contributed by atoms with Crippen LogP contribution in [0.1, 0.15) is 32.6 Å². The second-order valence-electron chi connectivity index (χ2n) is 7.46. The Morgan fingerprint density at radius 2 is 1.83 bits per heavy atom. The molecule has 2 N–H and O–H groups in total. The van der Waals surface area contributed by atoms with Crippen LogP contribution in [0.5, 0.6) is 11.5 Å². The Bertz CT molecular complexity index is 1340. The van der Waals surface area contributed by atoms with E-state index in [1.807, 2.05) is 31.2 Å². The van der Waals surface area contributed by atoms with Crippen LogP contribution in [-0.2, 0) is 0 Å². The van der Waals surface area contributed by atoms with Crippen molar-refractivity contribution in [3.05, 3.63) is 83.1 Å². The van der Waals surface area contributed by atoms with Gasteiger partial charge in [0.2, 0.25) is 0 Å². The molecule has 178 valence electrons. The van der Waals surface area contributed by atoms with Crippen LogP contribution in [0, 0.1) is 6.92 Å². The maximum absolute atomic E-state index is 13.0. The lowest BCUT2D eigenvalue weighted by molar-refractivity contribution is 0.101. The predicted molar refractivity (Wildman–Crippen MR) is 137 cm³/mol. The van der Waals surface area contributed by atoms with Gasteiger partial charge in [0, 0.05) is 29.7 Å². The number of thiazole rings is 1. The highest BCUT2D eigenvalue weighted by molar-refractivity contribution is 7.17. The fourth-order valence-electron chi connectivity index (χ4n) is 3.34. The van der Waals surface area contributed by atoms with Gasteiger partial charge in [0.05, 0.1) is 30.7 Å². The molecule has 0 saturated heterocycles. The fourth-order valence-corrected chi connectivity index (χ4v) is 4.31. The molecule has 0 spiro atoms. The van der Waals surface area contributed by atoms with Gasteiger partial charge in [0.1, 0.15) is 21.4 Å². The number of carbonyl (C=O) groups is 2. The lowest BCUT2D eigenvalue weighted by Gasteiger charge is -2.12. The molecule has 2 aromatic heterocycles. The molecule has 2 amide bonds. The Morgan fingerprint density at radius 3 is 2.51 bits per heavy atom. The number of aryl methyl sites for hydroxylation is 1. The van der Waals surface area contributed by atoms with E-state index in [9.17, 15) is 9.59 Å². The van der Waals surface area contributed by atoms with Gasteiger partial charge in [-0.05, 0) is 62.4 Å². The summed E-state index contributed by atoms with van der Waals surface area (Å²) in [5.74, 6) is 0.620. The van der Waals surface area contributed by atoms with Crippen molar-refractivity contribution in [2.45, 2.75) is 13.8 Å². The van der Waals surface area contributed by atoms with Crippen molar-refractivity contribution in [2.75, 3.05) is 24.4 Å². The summed E-state index contributed by atoms with van der Waals surface area (Å²) in [6, 6.07) is 16.0. The zero-order valence-corrected chi connectivity index (χ0v) is 20.3. The van der Waals surface area contributed by atoms with E-state index in [-0.39, 0.29) is 11.8 Å². The summed E-state index contributed by atoms with van der Waals surface area (Å²) in [6.07, 6.45) is 3.08. The number of pyridine rings is 1. The number of nitrogens with one attached hydrogen (secondary N) is 2. The average Bonchev–Trinajstić information content (AvgIpc) is 3.27. The second-order valence-corrected chi connectivity index (χ2v) is 8.46. The van der Waals surface area contributed by atoms with Gasteiger partial charge >= 0.3 is 0 Å². The first-order chi connectivity index (χ1) is 17.0. The monoisotopic (exact) mass is 488 g/mol. The molecule has 35 heavy (non-hydrogen) atoms. The molecular formula is C26H24N4O4S. The molecule has 0 saturated carbocycles. The van der Waals surface area contributed by atoms with Crippen molar-refractivity contribution in [3.63, 3.8) is 0 Å². The minimum Gasteiger partial charge on any atom is -0.494 e. The third-order valence-corrected chi connectivity index (χ3v) is 6.25. The Kier molecular flexibility index (Phi) is 7.37. The molecule has 0 bridgehead atoms. The number of carbonyl (C=O) groups excluding carboxylic acids is 2. The second kappa shape index (κ2) is 10.8. The molecule has 0 fully saturated rings. The molecular weight excluding hydrogens is 464 g/mol. The Hall–Kier alpha value is -4.24. The normalized spacial score (nSPS) is 10.5. The quantitative estimate of drug-likeness (QED) is 0.343. The van der Waals surface area contributed by atoms with Crippen LogP contribution in [0.25, 0.3) is 10.6 Å². The number of anilines is 2. The van der Waals surface area contributed by atoms with Gasteiger partial charge in [-0.25, -0.2) is 4.98 Å². The molecule has 0 unspecified atom stereocenters. The van der Waals surface area contributed by atoms with E-state index in [0.29, 0.717) is 39.9 Å². The Balaban J connectivity index is 1.48. The SMILES string of the molecule is CCOc1ccc(-c2nc(C)c(C(=O)Nc3ccc(NC(=O)c4cccnc4)c(OC)c3)s2)cc1. The lowest BCUT2D eigenvalue weighted by Crippen LogP contribution is -2.14. The molecule has 4 aromatic rings. The van der Waals surface area contributed by atoms with Crippen LogP contribution in [0.3, 0.4) is 0 Å². The summed E-state index contributed by atoms with van der Waals surface area (Å²) < 4.78 is 10.9. The highest BCUT2D eigenvalue weighted by atomic mass is 32.1. The van der Waals surface area contributed by atoms with Gasteiger partial charge in [-0.15, -0.1) is 11.3 Å². The molecule has 0 atom stereocenters. The minimum atomic E-state index is -0.310. The molecule has 0 aliphatic heterocycles. The van der Waals surface area contributed by atoms with Crippen LogP contribution in [0.2, 0.25) is 0 Å². The van der Waals surface area contributed by atoms with E-state index in [4.69, 9.17) is 9.47 Å². The summed E-state index contributed by atoms with van der Waals surface area (Å²) in [5, 5.41) is 6.44. The zero-order valence-electron chi connectivity index (χ0n) is 19.5. The summed E-state index contributed by atoms with van der Waals surface area (Å²) in [5.41, 5.74) is 2.99. The smallest absolute Gasteiger partial charge is 0.267 e. The van der Waals surface area contributed by atoms with E-state index in [0.717, 1.165) is 16.3 Å². The summed E-state index contributed by atoms with van der Waals surface area (Å²) in [6.45, 7) is 4.34. The third-order valence-electron chi connectivity index (χ3n) is 5.05. The van der Waals surface area contributed by atoms with Crippen molar-refractivity contribution in [2.24, 2.45) is 0 Å². The first-order valence-corrected chi connectivity index (χ1v) is 11.7. The Morgan fingerprint density at radius 1 is 1.03 bits per heavy atom. The van der Waals surface area contributed by atoms with E-state index in [1.54, 1.807) is 43.5 Å². The van der Waals surface area contributed by atoms with Gasteiger partial charge in [0.25, 0.3) is 11.8 Å². The topological polar surface area (TPSA) is 102 Å². The molecule has 0 aliphatic rings. The van der Waals surface area contributed by atoms with Crippen LogP contribution >= 0.6 is 11.3 Å². The summed E-state index contributed by atoms with van der Waals surface area (Å²) in [4.78, 5) is 34.5. The molecule has 2 aromatic carbocycles. The summed E-state index contributed by atoms with van der Waals surface area (Å²) >= 11 is 1.32. The van der Waals surface area contributed by atoms with Crippen molar-refractivity contribution < 1.29 is 19.1 Å².